The topological polar surface area (TPSA) is 81.8 Å². The highest BCUT2D eigenvalue weighted by molar-refractivity contribution is 5.96. The molecule has 1 heterocycles. The highest BCUT2D eigenvalue weighted by atomic mass is 16.2. The molecule has 2 N–H and O–H groups in total. The van der Waals surface area contributed by atoms with Gasteiger partial charge in [0.2, 0.25) is 5.91 Å². The Morgan fingerprint density at radius 2 is 1.45 bits per heavy atom. The molecule has 1 aliphatic heterocycles. The molecule has 1 fully saturated rings. The lowest BCUT2D eigenvalue weighted by atomic mass is 9.96. The number of piperidine rings is 1. The molecule has 0 atom stereocenters. The van der Waals surface area contributed by atoms with E-state index in [0.717, 1.165) is 5.69 Å². The fraction of sp³-hybridized carbons (Fsp3) is 0.375. The van der Waals surface area contributed by atoms with Gasteiger partial charge in [0, 0.05) is 49.0 Å². The van der Waals surface area contributed by atoms with E-state index in [0.29, 0.717) is 50.3 Å². The molecule has 0 spiro atoms. The van der Waals surface area contributed by atoms with Gasteiger partial charge >= 0.3 is 6.03 Å². The second-order valence-corrected chi connectivity index (χ2v) is 7.60. The van der Waals surface area contributed by atoms with Crippen LogP contribution in [0.15, 0.2) is 54.6 Å². The largest absolute Gasteiger partial charge is 0.339 e. The summed E-state index contributed by atoms with van der Waals surface area (Å²) in [4.78, 5) is 40.9. The van der Waals surface area contributed by atoms with Gasteiger partial charge in [0.15, 0.2) is 0 Å². The average molecular weight is 423 g/mol. The van der Waals surface area contributed by atoms with Crippen LogP contribution in [0.1, 0.15) is 37.0 Å². The average Bonchev–Trinajstić information content (AvgIpc) is 2.81. The number of likely N-dealkylation sites (tertiary alicyclic amines) is 1. The molecule has 4 amide bonds. The maximum atomic E-state index is 12.6. The summed E-state index contributed by atoms with van der Waals surface area (Å²) >= 11 is 0. The maximum absolute atomic E-state index is 12.6. The number of nitrogens with zero attached hydrogens (tertiary/aromatic N) is 2. The van der Waals surface area contributed by atoms with Crippen LogP contribution in [0.5, 0.6) is 0 Å². The predicted octanol–water partition coefficient (Wildman–Crippen LogP) is 4.05. The Morgan fingerprint density at radius 1 is 0.871 bits per heavy atom. The summed E-state index contributed by atoms with van der Waals surface area (Å²) in [6.45, 7) is 6.30. The Kier molecular flexibility index (Phi) is 7.65. The van der Waals surface area contributed by atoms with Gasteiger partial charge in [0.25, 0.3) is 5.91 Å². The second-order valence-electron chi connectivity index (χ2n) is 7.60. The van der Waals surface area contributed by atoms with Crippen LogP contribution in [0.25, 0.3) is 0 Å². The molecular formula is C24H30N4O3. The van der Waals surface area contributed by atoms with E-state index in [-0.39, 0.29) is 23.8 Å². The van der Waals surface area contributed by atoms with Gasteiger partial charge in [-0.25, -0.2) is 4.79 Å². The number of carbonyl (C=O) groups excluding carboxylic acids is 3. The molecule has 1 aliphatic rings. The lowest BCUT2D eigenvalue weighted by Gasteiger charge is -2.31. The zero-order valence-electron chi connectivity index (χ0n) is 18.1. The van der Waals surface area contributed by atoms with Gasteiger partial charge in [-0.3, -0.25) is 9.59 Å². The van der Waals surface area contributed by atoms with Crippen LogP contribution < -0.4 is 10.6 Å². The first-order chi connectivity index (χ1) is 15.0. The minimum absolute atomic E-state index is 0.0102. The highest BCUT2D eigenvalue weighted by Crippen LogP contribution is 2.21. The van der Waals surface area contributed by atoms with Crippen LogP contribution in [0, 0.1) is 5.92 Å². The minimum atomic E-state index is -0.141. The number of amides is 4. The van der Waals surface area contributed by atoms with Gasteiger partial charge in [-0.2, -0.15) is 0 Å². The van der Waals surface area contributed by atoms with Crippen LogP contribution in [0.3, 0.4) is 0 Å². The number of hydrogen-bond donors (Lipinski definition) is 2. The van der Waals surface area contributed by atoms with Crippen LogP contribution in [0.4, 0.5) is 16.2 Å². The molecule has 7 heteroatoms. The first kappa shape index (κ1) is 22.3. The lowest BCUT2D eigenvalue weighted by molar-refractivity contribution is -0.121. The van der Waals surface area contributed by atoms with Crippen molar-refractivity contribution >= 4 is 29.2 Å². The molecule has 2 aromatic carbocycles. The Bertz CT molecular complexity index is 887. The van der Waals surface area contributed by atoms with Crippen molar-refractivity contribution in [2.45, 2.75) is 26.7 Å². The third-order valence-corrected chi connectivity index (χ3v) is 5.63. The third-order valence-electron chi connectivity index (χ3n) is 5.63. The standard InChI is InChI=1S/C24H30N4O3/c1-3-27(4-2)23(30)19-10-12-21(13-11-19)25-22(29)18-14-16-28(17-15-18)24(31)26-20-8-6-5-7-9-20/h5-13,18H,3-4,14-17H2,1-2H3,(H,25,29)(H,26,31). The van der Waals surface area contributed by atoms with E-state index in [4.69, 9.17) is 0 Å². The van der Waals surface area contributed by atoms with E-state index in [2.05, 4.69) is 10.6 Å². The molecule has 31 heavy (non-hydrogen) atoms. The molecule has 0 saturated carbocycles. The van der Waals surface area contributed by atoms with Gasteiger partial charge < -0.3 is 20.4 Å². The van der Waals surface area contributed by atoms with Gasteiger partial charge in [0.1, 0.15) is 0 Å². The molecule has 7 nitrogen and oxygen atoms in total. The monoisotopic (exact) mass is 422 g/mol. The molecule has 0 bridgehead atoms. The summed E-state index contributed by atoms with van der Waals surface area (Å²) in [6, 6.07) is 16.2. The van der Waals surface area contributed by atoms with Crippen LogP contribution in [-0.4, -0.2) is 53.8 Å². The maximum Gasteiger partial charge on any atom is 0.321 e. The molecule has 164 valence electrons. The second kappa shape index (κ2) is 10.6. The van der Waals surface area contributed by atoms with Crippen molar-refractivity contribution in [2.24, 2.45) is 5.92 Å². The summed E-state index contributed by atoms with van der Waals surface area (Å²) in [7, 11) is 0. The molecule has 0 unspecified atom stereocenters. The quantitative estimate of drug-likeness (QED) is 0.737. The Morgan fingerprint density at radius 3 is 2.03 bits per heavy atom. The van der Waals surface area contributed by atoms with Crippen LogP contribution in [0.2, 0.25) is 0 Å². The van der Waals surface area contributed by atoms with E-state index < -0.39 is 0 Å². The van der Waals surface area contributed by atoms with Crippen molar-refractivity contribution in [3.63, 3.8) is 0 Å². The van der Waals surface area contributed by atoms with E-state index in [1.54, 1.807) is 34.1 Å². The van der Waals surface area contributed by atoms with Gasteiger partial charge in [-0.05, 0) is 63.1 Å². The van der Waals surface area contributed by atoms with Gasteiger partial charge in [-0.1, -0.05) is 18.2 Å². The molecule has 1 saturated heterocycles. The molecule has 0 aromatic heterocycles. The fourth-order valence-electron chi connectivity index (χ4n) is 3.70. The van der Waals surface area contributed by atoms with E-state index in [9.17, 15) is 14.4 Å². The number of urea groups is 1. The number of para-hydroxylation sites is 1. The third kappa shape index (κ3) is 5.84. The Hall–Kier alpha value is -3.35. The smallest absolute Gasteiger partial charge is 0.321 e. The Labute approximate surface area is 183 Å². The van der Waals surface area contributed by atoms with Crippen molar-refractivity contribution in [1.82, 2.24) is 9.80 Å². The molecule has 2 aromatic rings. The first-order valence-corrected chi connectivity index (χ1v) is 10.8. The number of benzene rings is 2. The van der Waals surface area contributed by atoms with Crippen LogP contribution in [-0.2, 0) is 4.79 Å². The molecule has 3 rings (SSSR count). The van der Waals surface area contributed by atoms with E-state index in [1.807, 2.05) is 44.2 Å². The fourth-order valence-corrected chi connectivity index (χ4v) is 3.70. The van der Waals surface area contributed by atoms with Crippen molar-refractivity contribution in [3.8, 4) is 0 Å². The summed E-state index contributed by atoms with van der Waals surface area (Å²) in [5.41, 5.74) is 2.04. The predicted molar refractivity (Wildman–Crippen MR) is 122 cm³/mol. The van der Waals surface area contributed by atoms with Crippen LogP contribution >= 0.6 is 0 Å². The molecule has 0 aliphatic carbocycles. The van der Waals surface area contributed by atoms with Gasteiger partial charge in [-0.15, -0.1) is 0 Å². The lowest BCUT2D eigenvalue weighted by Crippen LogP contribution is -2.43. The minimum Gasteiger partial charge on any atom is -0.339 e. The summed E-state index contributed by atoms with van der Waals surface area (Å²) in [5.74, 6) is -0.201. The molecule has 0 radical (unpaired) electrons. The normalized spacial score (nSPS) is 14.1. The summed E-state index contributed by atoms with van der Waals surface area (Å²) in [6.07, 6.45) is 1.24. The number of carbonyl (C=O) groups is 3. The summed E-state index contributed by atoms with van der Waals surface area (Å²) < 4.78 is 0. The number of anilines is 2. The Balaban J connectivity index is 1.48. The summed E-state index contributed by atoms with van der Waals surface area (Å²) in [5, 5.41) is 5.82. The number of nitrogens with one attached hydrogen (secondary N) is 2. The number of hydrogen-bond acceptors (Lipinski definition) is 3. The van der Waals surface area contributed by atoms with E-state index >= 15 is 0 Å². The SMILES string of the molecule is CCN(CC)C(=O)c1ccc(NC(=O)C2CCN(C(=O)Nc3ccccc3)CC2)cc1. The van der Waals surface area contributed by atoms with Crippen molar-refractivity contribution in [3.05, 3.63) is 60.2 Å². The zero-order valence-corrected chi connectivity index (χ0v) is 18.1. The van der Waals surface area contributed by atoms with Crippen molar-refractivity contribution in [2.75, 3.05) is 36.8 Å². The van der Waals surface area contributed by atoms with Crippen molar-refractivity contribution in [1.29, 1.82) is 0 Å². The molecular weight excluding hydrogens is 392 g/mol. The highest BCUT2D eigenvalue weighted by Gasteiger charge is 2.27. The first-order valence-electron chi connectivity index (χ1n) is 10.8. The van der Waals surface area contributed by atoms with E-state index in [1.165, 1.54) is 0 Å². The number of rotatable bonds is 6. The zero-order chi connectivity index (χ0) is 22.2. The van der Waals surface area contributed by atoms with Crippen molar-refractivity contribution < 1.29 is 14.4 Å². The van der Waals surface area contributed by atoms with Gasteiger partial charge in [0.05, 0.1) is 0 Å².